The summed E-state index contributed by atoms with van der Waals surface area (Å²) in [5.41, 5.74) is 5.41. The molecule has 4 nitrogen and oxygen atoms in total. The summed E-state index contributed by atoms with van der Waals surface area (Å²) in [6.45, 7) is 6.60. The van der Waals surface area contributed by atoms with Crippen molar-refractivity contribution in [2.75, 3.05) is 26.2 Å². The lowest BCUT2D eigenvalue weighted by molar-refractivity contribution is -0.120. The first-order valence-electron chi connectivity index (χ1n) is 6.42. The van der Waals surface area contributed by atoms with E-state index in [0.717, 1.165) is 32.5 Å². The van der Waals surface area contributed by atoms with E-state index in [0.29, 0.717) is 12.3 Å². The Bertz CT molecular complexity index is 269. The fraction of sp³-hybridized carbons (Fsp3) is 0.917. The average Bonchev–Trinajstić information content (AvgIpc) is 2.65. The predicted octanol–water partition coefficient (Wildman–Crippen LogP) is 0.326. The van der Waals surface area contributed by atoms with Crippen molar-refractivity contribution >= 4 is 5.91 Å². The van der Waals surface area contributed by atoms with Gasteiger partial charge in [-0.05, 0) is 44.8 Å². The van der Waals surface area contributed by atoms with Gasteiger partial charge in [-0.15, -0.1) is 0 Å². The molecule has 2 aliphatic heterocycles. The van der Waals surface area contributed by atoms with Gasteiger partial charge in [0.25, 0.3) is 0 Å². The molecule has 0 aromatic heterocycles. The van der Waals surface area contributed by atoms with Crippen LogP contribution in [0.4, 0.5) is 0 Å². The van der Waals surface area contributed by atoms with Crippen LogP contribution in [0.5, 0.6) is 0 Å². The van der Waals surface area contributed by atoms with E-state index in [9.17, 15) is 4.79 Å². The Hall–Kier alpha value is -0.610. The molecule has 3 N–H and O–H groups in total. The molecule has 0 aromatic rings. The molecule has 4 heteroatoms. The highest BCUT2D eigenvalue weighted by atomic mass is 16.1. The maximum Gasteiger partial charge on any atom is 0.219 e. The van der Waals surface area contributed by atoms with Gasteiger partial charge in [0.05, 0.1) is 0 Å². The van der Waals surface area contributed by atoms with Gasteiger partial charge >= 0.3 is 0 Å². The Morgan fingerprint density at radius 3 is 3.06 bits per heavy atom. The van der Waals surface area contributed by atoms with Crippen molar-refractivity contribution in [1.29, 1.82) is 0 Å². The zero-order valence-electron chi connectivity index (χ0n) is 10.2. The normalized spacial score (nSPS) is 37.6. The van der Waals surface area contributed by atoms with Gasteiger partial charge in [-0.1, -0.05) is 6.92 Å². The van der Waals surface area contributed by atoms with Crippen LogP contribution in [0, 0.1) is 5.92 Å². The van der Waals surface area contributed by atoms with E-state index in [-0.39, 0.29) is 11.4 Å². The van der Waals surface area contributed by atoms with Gasteiger partial charge in [-0.2, -0.15) is 0 Å². The monoisotopic (exact) mass is 225 g/mol. The van der Waals surface area contributed by atoms with E-state index in [1.54, 1.807) is 0 Å². The zero-order valence-corrected chi connectivity index (χ0v) is 10.2. The topological polar surface area (TPSA) is 58.4 Å². The molecular formula is C12H23N3O. The molecular weight excluding hydrogens is 202 g/mol. The standard InChI is InChI=1S/C12H23N3O/c1-2-5-14-12(8-11(13)16)4-7-15-6-3-10(12)9-15/h10,14H,2-9H2,1H3,(H2,13,16). The number of rotatable bonds is 5. The van der Waals surface area contributed by atoms with Crippen LogP contribution in [-0.4, -0.2) is 42.5 Å². The number of hydrogen-bond donors (Lipinski definition) is 2. The van der Waals surface area contributed by atoms with Crippen molar-refractivity contribution in [3.63, 3.8) is 0 Å². The van der Waals surface area contributed by atoms with Crippen LogP contribution in [0.1, 0.15) is 32.6 Å². The third-order valence-electron chi connectivity index (χ3n) is 4.14. The van der Waals surface area contributed by atoms with Gasteiger partial charge in [0.1, 0.15) is 0 Å². The Labute approximate surface area is 97.6 Å². The lowest BCUT2D eigenvalue weighted by atomic mass is 9.76. The molecule has 0 spiro atoms. The van der Waals surface area contributed by atoms with Crippen molar-refractivity contribution in [3.8, 4) is 0 Å². The molecule has 92 valence electrons. The van der Waals surface area contributed by atoms with Gasteiger partial charge in [-0.25, -0.2) is 0 Å². The maximum atomic E-state index is 11.3. The SMILES string of the molecule is CCCNC1(CC(N)=O)CCN2CCC1C2. The summed E-state index contributed by atoms with van der Waals surface area (Å²) in [5, 5.41) is 3.62. The van der Waals surface area contributed by atoms with E-state index in [4.69, 9.17) is 5.73 Å². The molecule has 0 aliphatic carbocycles. The van der Waals surface area contributed by atoms with Gasteiger partial charge in [0.2, 0.25) is 5.91 Å². The highest BCUT2D eigenvalue weighted by Crippen LogP contribution is 2.37. The largest absolute Gasteiger partial charge is 0.370 e. The number of fused-ring (bicyclic) bond motifs is 2. The lowest BCUT2D eigenvalue weighted by Gasteiger charge is -2.43. The molecule has 0 radical (unpaired) electrons. The van der Waals surface area contributed by atoms with Crippen LogP contribution in [0.2, 0.25) is 0 Å². The average molecular weight is 225 g/mol. The fourth-order valence-corrected chi connectivity index (χ4v) is 3.26. The Morgan fingerprint density at radius 1 is 1.56 bits per heavy atom. The number of amides is 1. The van der Waals surface area contributed by atoms with Crippen LogP contribution >= 0.6 is 0 Å². The summed E-state index contributed by atoms with van der Waals surface area (Å²) >= 11 is 0. The summed E-state index contributed by atoms with van der Waals surface area (Å²) in [6.07, 6.45) is 3.90. The van der Waals surface area contributed by atoms with Gasteiger partial charge in [0, 0.05) is 18.5 Å². The quantitative estimate of drug-likeness (QED) is 0.709. The zero-order chi connectivity index (χ0) is 11.6. The second-order valence-electron chi connectivity index (χ2n) is 5.26. The summed E-state index contributed by atoms with van der Waals surface area (Å²) in [7, 11) is 0. The maximum absolute atomic E-state index is 11.3. The smallest absolute Gasteiger partial charge is 0.219 e. The van der Waals surface area contributed by atoms with Gasteiger partial charge in [0.15, 0.2) is 0 Å². The molecule has 1 amide bonds. The van der Waals surface area contributed by atoms with Crippen LogP contribution < -0.4 is 11.1 Å². The number of piperidine rings is 1. The highest BCUT2D eigenvalue weighted by Gasteiger charge is 2.46. The third kappa shape index (κ3) is 2.23. The Morgan fingerprint density at radius 2 is 2.38 bits per heavy atom. The minimum Gasteiger partial charge on any atom is -0.370 e. The first-order chi connectivity index (χ1) is 7.66. The molecule has 0 saturated carbocycles. The molecule has 16 heavy (non-hydrogen) atoms. The molecule has 3 atom stereocenters. The van der Waals surface area contributed by atoms with E-state index in [1.165, 1.54) is 13.0 Å². The number of carbonyl (C=O) groups excluding carboxylic acids is 1. The first-order valence-corrected chi connectivity index (χ1v) is 6.42. The van der Waals surface area contributed by atoms with Crippen molar-refractivity contribution in [2.24, 2.45) is 11.7 Å². The minimum atomic E-state index is -0.163. The van der Waals surface area contributed by atoms with Crippen molar-refractivity contribution in [3.05, 3.63) is 0 Å². The van der Waals surface area contributed by atoms with Crippen molar-refractivity contribution < 1.29 is 4.79 Å². The highest BCUT2D eigenvalue weighted by molar-refractivity contribution is 5.75. The van der Waals surface area contributed by atoms with Crippen LogP contribution in [0.25, 0.3) is 0 Å². The number of carbonyl (C=O) groups is 1. The minimum absolute atomic E-state index is 0.00512. The third-order valence-corrected chi connectivity index (χ3v) is 4.14. The fourth-order valence-electron chi connectivity index (χ4n) is 3.26. The lowest BCUT2D eigenvalue weighted by Crippen LogP contribution is -2.58. The van der Waals surface area contributed by atoms with E-state index in [1.807, 2.05) is 0 Å². The summed E-state index contributed by atoms with van der Waals surface area (Å²) in [4.78, 5) is 13.8. The van der Waals surface area contributed by atoms with Crippen molar-refractivity contribution in [2.45, 2.75) is 38.1 Å². The molecule has 2 fully saturated rings. The molecule has 2 saturated heterocycles. The molecule has 2 rings (SSSR count). The summed E-state index contributed by atoms with van der Waals surface area (Å²) < 4.78 is 0. The molecule has 2 bridgehead atoms. The summed E-state index contributed by atoms with van der Waals surface area (Å²) in [5.74, 6) is 0.448. The van der Waals surface area contributed by atoms with E-state index >= 15 is 0 Å². The Balaban J connectivity index is 2.09. The number of primary amides is 1. The van der Waals surface area contributed by atoms with Gasteiger partial charge in [-0.3, -0.25) is 4.79 Å². The van der Waals surface area contributed by atoms with Crippen molar-refractivity contribution in [1.82, 2.24) is 10.2 Å². The molecule has 2 heterocycles. The number of nitrogens with one attached hydrogen (secondary N) is 1. The van der Waals surface area contributed by atoms with E-state index < -0.39 is 0 Å². The first kappa shape index (κ1) is 11.9. The number of hydrogen-bond acceptors (Lipinski definition) is 3. The van der Waals surface area contributed by atoms with Gasteiger partial charge < -0.3 is 16.0 Å². The molecule has 3 unspecified atom stereocenters. The number of nitrogens with zero attached hydrogens (tertiary/aromatic N) is 1. The molecule has 2 aliphatic rings. The van der Waals surface area contributed by atoms with Crippen LogP contribution in [-0.2, 0) is 4.79 Å². The Kier molecular flexibility index (Phi) is 3.50. The second kappa shape index (κ2) is 4.72. The predicted molar refractivity (Wildman–Crippen MR) is 64.0 cm³/mol. The van der Waals surface area contributed by atoms with Crippen LogP contribution in [0.3, 0.4) is 0 Å². The van der Waals surface area contributed by atoms with Crippen LogP contribution in [0.15, 0.2) is 0 Å². The number of nitrogens with two attached hydrogens (primary N) is 1. The summed E-state index contributed by atoms with van der Waals surface area (Å²) in [6, 6.07) is 0. The van der Waals surface area contributed by atoms with E-state index in [2.05, 4.69) is 17.1 Å². The molecule has 0 aromatic carbocycles. The second-order valence-corrected chi connectivity index (χ2v) is 5.26.